The fourth-order valence-electron chi connectivity index (χ4n) is 2.72. The van der Waals surface area contributed by atoms with Gasteiger partial charge in [-0.25, -0.2) is 13.6 Å². The van der Waals surface area contributed by atoms with E-state index < -0.39 is 10.0 Å². The Labute approximate surface area is 109 Å². The number of nitrogens with one attached hydrogen (secondary N) is 1. The van der Waals surface area contributed by atoms with Crippen molar-refractivity contribution in [3.8, 4) is 0 Å². The summed E-state index contributed by atoms with van der Waals surface area (Å²) in [6.45, 7) is 4.78. The summed E-state index contributed by atoms with van der Waals surface area (Å²) in [7, 11) is -3.39. The minimum Gasteiger partial charge on any atom is -0.308 e. The van der Waals surface area contributed by atoms with Crippen molar-refractivity contribution in [2.24, 2.45) is 10.6 Å². The van der Waals surface area contributed by atoms with Gasteiger partial charge in [0.25, 0.3) is 0 Å². The summed E-state index contributed by atoms with van der Waals surface area (Å²) in [5.41, 5.74) is 2.72. The van der Waals surface area contributed by atoms with Crippen LogP contribution in [-0.4, -0.2) is 20.7 Å². The van der Waals surface area contributed by atoms with Gasteiger partial charge in [0.15, 0.2) is 0 Å². The maximum atomic E-state index is 10.9. The van der Waals surface area contributed by atoms with Crippen LogP contribution in [0.1, 0.15) is 31.0 Å². The second-order valence-electron chi connectivity index (χ2n) is 5.62. The Morgan fingerprint density at radius 3 is 2.72 bits per heavy atom. The summed E-state index contributed by atoms with van der Waals surface area (Å²) in [5.74, 6) is -0.0260. The van der Waals surface area contributed by atoms with Gasteiger partial charge in [0.1, 0.15) is 0 Å². The fourth-order valence-corrected chi connectivity index (χ4v) is 3.12. The maximum Gasteiger partial charge on any atom is 0.210 e. The highest BCUT2D eigenvalue weighted by molar-refractivity contribution is 7.89. The molecule has 0 heterocycles. The number of benzene rings is 1. The lowest BCUT2D eigenvalue weighted by atomic mass is 9.85. The van der Waals surface area contributed by atoms with Crippen LogP contribution in [0.2, 0.25) is 0 Å². The zero-order valence-electron chi connectivity index (χ0n) is 10.8. The van der Waals surface area contributed by atoms with Gasteiger partial charge in [0, 0.05) is 12.6 Å². The van der Waals surface area contributed by atoms with Crippen molar-refractivity contribution in [1.29, 1.82) is 0 Å². The van der Waals surface area contributed by atoms with Crippen LogP contribution < -0.4 is 10.5 Å². The number of hydrogen-bond donors (Lipinski definition) is 2. The number of primary sulfonamides is 1. The Hall–Kier alpha value is -0.910. The minimum atomic E-state index is -3.39. The standard InChI is InChI=1S/C13H20N2O2S/c1-13(2)9-10-5-3-4-6-11(10)12(13)15-7-8-18(14,16)17/h3-6,12,15H,7-9H2,1-2H3,(H2,14,16,17). The van der Waals surface area contributed by atoms with Crippen LogP contribution >= 0.6 is 0 Å². The number of nitrogens with two attached hydrogens (primary N) is 1. The molecule has 0 aliphatic heterocycles. The molecular weight excluding hydrogens is 248 g/mol. The maximum absolute atomic E-state index is 10.9. The molecule has 100 valence electrons. The Morgan fingerprint density at radius 2 is 2.06 bits per heavy atom. The minimum absolute atomic E-state index is 0.0260. The van der Waals surface area contributed by atoms with Crippen molar-refractivity contribution in [1.82, 2.24) is 5.32 Å². The van der Waals surface area contributed by atoms with Gasteiger partial charge in [-0.2, -0.15) is 0 Å². The van der Waals surface area contributed by atoms with Gasteiger partial charge in [-0.15, -0.1) is 0 Å². The van der Waals surface area contributed by atoms with Gasteiger partial charge in [-0.05, 0) is 23.0 Å². The second-order valence-corrected chi connectivity index (χ2v) is 7.35. The molecule has 3 N–H and O–H groups in total. The number of sulfonamides is 1. The molecule has 1 unspecified atom stereocenters. The summed E-state index contributed by atoms with van der Waals surface area (Å²) in [4.78, 5) is 0. The summed E-state index contributed by atoms with van der Waals surface area (Å²) in [5, 5.41) is 8.34. The van der Waals surface area contributed by atoms with Crippen molar-refractivity contribution in [3.63, 3.8) is 0 Å². The highest BCUT2D eigenvalue weighted by Gasteiger charge is 2.38. The molecule has 0 radical (unpaired) electrons. The Balaban J connectivity index is 2.11. The predicted molar refractivity (Wildman–Crippen MR) is 72.6 cm³/mol. The van der Waals surface area contributed by atoms with Gasteiger partial charge in [0.05, 0.1) is 5.75 Å². The summed E-state index contributed by atoms with van der Waals surface area (Å²) >= 11 is 0. The van der Waals surface area contributed by atoms with E-state index in [0.717, 1.165) is 6.42 Å². The molecular formula is C13H20N2O2S. The quantitative estimate of drug-likeness (QED) is 0.861. The molecule has 4 nitrogen and oxygen atoms in total. The molecule has 0 fully saturated rings. The average molecular weight is 268 g/mol. The molecule has 1 aliphatic carbocycles. The van der Waals surface area contributed by atoms with Crippen molar-refractivity contribution in [2.45, 2.75) is 26.3 Å². The second kappa shape index (κ2) is 4.64. The van der Waals surface area contributed by atoms with Gasteiger partial charge < -0.3 is 5.32 Å². The third-order valence-corrected chi connectivity index (χ3v) is 4.30. The lowest BCUT2D eigenvalue weighted by Gasteiger charge is -2.28. The smallest absolute Gasteiger partial charge is 0.210 e. The normalized spacial score (nSPS) is 21.8. The lowest BCUT2D eigenvalue weighted by molar-refractivity contribution is 0.273. The molecule has 0 aromatic heterocycles. The van der Waals surface area contributed by atoms with Crippen LogP contribution in [0.25, 0.3) is 0 Å². The molecule has 0 amide bonds. The average Bonchev–Trinajstić information content (AvgIpc) is 2.48. The summed E-state index contributed by atoms with van der Waals surface area (Å²) < 4.78 is 21.9. The molecule has 1 aromatic rings. The first-order chi connectivity index (χ1) is 8.30. The summed E-state index contributed by atoms with van der Waals surface area (Å²) in [6.07, 6.45) is 1.01. The molecule has 0 saturated carbocycles. The van der Waals surface area contributed by atoms with E-state index in [1.807, 2.05) is 12.1 Å². The highest BCUT2D eigenvalue weighted by atomic mass is 32.2. The van der Waals surface area contributed by atoms with E-state index in [4.69, 9.17) is 5.14 Å². The van der Waals surface area contributed by atoms with Crippen LogP contribution in [-0.2, 0) is 16.4 Å². The van der Waals surface area contributed by atoms with Gasteiger partial charge in [-0.3, -0.25) is 0 Å². The Morgan fingerprint density at radius 1 is 1.39 bits per heavy atom. The Kier molecular flexibility index (Phi) is 3.49. The van der Waals surface area contributed by atoms with Crippen LogP contribution in [0.15, 0.2) is 24.3 Å². The summed E-state index contributed by atoms with van der Waals surface area (Å²) in [6, 6.07) is 8.50. The molecule has 0 spiro atoms. The van der Waals surface area contributed by atoms with Crippen LogP contribution in [0.5, 0.6) is 0 Å². The first-order valence-corrected chi connectivity index (χ1v) is 7.83. The van der Waals surface area contributed by atoms with Gasteiger partial charge in [-0.1, -0.05) is 38.1 Å². The van der Waals surface area contributed by atoms with Crippen LogP contribution in [0, 0.1) is 5.41 Å². The first-order valence-electron chi connectivity index (χ1n) is 6.11. The number of rotatable bonds is 4. The first kappa shape index (κ1) is 13.5. The van der Waals surface area contributed by atoms with Gasteiger partial charge in [0.2, 0.25) is 10.0 Å². The van der Waals surface area contributed by atoms with E-state index in [1.165, 1.54) is 11.1 Å². The number of hydrogen-bond acceptors (Lipinski definition) is 3. The van der Waals surface area contributed by atoms with E-state index >= 15 is 0 Å². The van der Waals surface area contributed by atoms with Crippen molar-refractivity contribution < 1.29 is 8.42 Å². The molecule has 0 bridgehead atoms. The number of fused-ring (bicyclic) bond motifs is 1. The van der Waals surface area contributed by atoms with E-state index in [1.54, 1.807) is 0 Å². The predicted octanol–water partition coefficient (Wildman–Crippen LogP) is 1.19. The zero-order valence-corrected chi connectivity index (χ0v) is 11.6. The lowest BCUT2D eigenvalue weighted by Crippen LogP contribution is -2.35. The van der Waals surface area contributed by atoms with Crippen LogP contribution in [0.3, 0.4) is 0 Å². The van der Waals surface area contributed by atoms with E-state index in [2.05, 4.69) is 31.3 Å². The Bertz CT molecular complexity index is 538. The molecule has 1 aliphatic rings. The van der Waals surface area contributed by atoms with E-state index in [9.17, 15) is 8.42 Å². The monoisotopic (exact) mass is 268 g/mol. The van der Waals surface area contributed by atoms with E-state index in [0.29, 0.717) is 6.54 Å². The van der Waals surface area contributed by atoms with Crippen molar-refractivity contribution in [2.75, 3.05) is 12.3 Å². The molecule has 18 heavy (non-hydrogen) atoms. The topological polar surface area (TPSA) is 72.2 Å². The van der Waals surface area contributed by atoms with E-state index in [-0.39, 0.29) is 17.2 Å². The zero-order chi connectivity index (χ0) is 13.4. The third-order valence-electron chi connectivity index (χ3n) is 3.53. The highest BCUT2D eigenvalue weighted by Crippen LogP contribution is 2.44. The fraction of sp³-hybridized carbons (Fsp3) is 0.538. The molecule has 1 aromatic carbocycles. The largest absolute Gasteiger partial charge is 0.308 e. The molecule has 2 rings (SSSR count). The SMILES string of the molecule is CC1(C)Cc2ccccc2C1NCCS(N)(=O)=O. The third kappa shape index (κ3) is 2.91. The molecule has 1 atom stereocenters. The molecule has 5 heteroatoms. The van der Waals surface area contributed by atoms with Crippen molar-refractivity contribution in [3.05, 3.63) is 35.4 Å². The van der Waals surface area contributed by atoms with Crippen LogP contribution in [0.4, 0.5) is 0 Å². The van der Waals surface area contributed by atoms with Crippen molar-refractivity contribution >= 4 is 10.0 Å². The molecule has 0 saturated heterocycles. The van der Waals surface area contributed by atoms with Gasteiger partial charge >= 0.3 is 0 Å².